The van der Waals surface area contributed by atoms with E-state index in [1.54, 1.807) is 11.9 Å². The van der Waals surface area contributed by atoms with Crippen molar-refractivity contribution in [2.75, 3.05) is 26.7 Å². The largest absolute Gasteiger partial charge is 0.301 e. The molecule has 0 aromatic heterocycles. The Morgan fingerprint density at radius 1 is 1.39 bits per heavy atom. The third-order valence-corrected chi connectivity index (χ3v) is 2.93. The van der Waals surface area contributed by atoms with Gasteiger partial charge in [0.05, 0.1) is 12.6 Å². The fraction of sp³-hybridized carbons (Fsp3) is 0.923. The standard InChI is InChI=1S/C13H25F2N3/c1-4-8-17-13(2,11-16)7-5-6-9-18(3)10-12(14)15/h12,17H,4-10H2,1-3H3. The van der Waals surface area contributed by atoms with E-state index >= 15 is 0 Å². The van der Waals surface area contributed by atoms with Crippen LogP contribution in [-0.4, -0.2) is 43.5 Å². The van der Waals surface area contributed by atoms with Crippen LogP contribution in [0.2, 0.25) is 0 Å². The van der Waals surface area contributed by atoms with E-state index in [9.17, 15) is 8.78 Å². The first-order valence-electron chi connectivity index (χ1n) is 6.56. The normalized spacial score (nSPS) is 14.8. The second-order valence-electron chi connectivity index (χ2n) is 4.98. The fourth-order valence-corrected chi connectivity index (χ4v) is 1.77. The van der Waals surface area contributed by atoms with Crippen LogP contribution in [-0.2, 0) is 0 Å². The predicted molar refractivity (Wildman–Crippen MR) is 69.7 cm³/mol. The van der Waals surface area contributed by atoms with Crippen molar-refractivity contribution < 1.29 is 8.78 Å². The smallest absolute Gasteiger partial charge is 0.251 e. The highest BCUT2D eigenvalue weighted by atomic mass is 19.3. The highest BCUT2D eigenvalue weighted by Gasteiger charge is 2.21. The number of hydrogen-bond donors (Lipinski definition) is 1. The van der Waals surface area contributed by atoms with Gasteiger partial charge in [-0.05, 0) is 52.7 Å². The number of nitriles is 1. The van der Waals surface area contributed by atoms with Gasteiger partial charge in [0.2, 0.25) is 0 Å². The molecule has 0 saturated carbocycles. The molecule has 106 valence electrons. The molecule has 1 atom stereocenters. The zero-order chi connectivity index (χ0) is 14.0. The molecule has 0 aliphatic carbocycles. The number of alkyl halides is 2. The maximum atomic E-state index is 12.1. The first-order chi connectivity index (χ1) is 8.43. The molecule has 0 saturated heterocycles. The van der Waals surface area contributed by atoms with Crippen LogP contribution in [0.3, 0.4) is 0 Å². The van der Waals surface area contributed by atoms with E-state index in [-0.39, 0.29) is 6.54 Å². The van der Waals surface area contributed by atoms with Crippen molar-refractivity contribution in [3.8, 4) is 6.07 Å². The van der Waals surface area contributed by atoms with Gasteiger partial charge in [0.1, 0.15) is 5.54 Å². The summed E-state index contributed by atoms with van der Waals surface area (Å²) in [6.45, 7) is 5.26. The number of unbranched alkanes of at least 4 members (excludes halogenated alkanes) is 1. The molecule has 0 amide bonds. The summed E-state index contributed by atoms with van der Waals surface area (Å²) in [5.41, 5.74) is -0.489. The van der Waals surface area contributed by atoms with Gasteiger partial charge in [-0.2, -0.15) is 5.26 Å². The van der Waals surface area contributed by atoms with E-state index in [1.165, 1.54) is 0 Å². The van der Waals surface area contributed by atoms with Crippen LogP contribution in [0.25, 0.3) is 0 Å². The van der Waals surface area contributed by atoms with E-state index in [0.29, 0.717) is 6.54 Å². The molecule has 0 spiro atoms. The maximum absolute atomic E-state index is 12.1. The Morgan fingerprint density at radius 3 is 2.56 bits per heavy atom. The molecule has 0 aliphatic heterocycles. The second kappa shape index (κ2) is 9.23. The van der Waals surface area contributed by atoms with Crippen LogP contribution in [0.15, 0.2) is 0 Å². The van der Waals surface area contributed by atoms with Crippen molar-refractivity contribution in [1.29, 1.82) is 5.26 Å². The molecule has 0 aromatic carbocycles. The number of nitrogens with one attached hydrogen (secondary N) is 1. The lowest BCUT2D eigenvalue weighted by molar-refractivity contribution is 0.0993. The van der Waals surface area contributed by atoms with Crippen molar-refractivity contribution in [2.45, 2.75) is 51.5 Å². The molecule has 5 heteroatoms. The number of rotatable bonds is 10. The van der Waals surface area contributed by atoms with E-state index in [1.807, 2.05) is 6.92 Å². The van der Waals surface area contributed by atoms with Crippen LogP contribution >= 0.6 is 0 Å². The summed E-state index contributed by atoms with van der Waals surface area (Å²) < 4.78 is 24.2. The number of hydrogen-bond acceptors (Lipinski definition) is 3. The van der Waals surface area contributed by atoms with Gasteiger partial charge in [-0.1, -0.05) is 6.92 Å². The Morgan fingerprint density at radius 2 is 2.06 bits per heavy atom. The molecule has 0 aliphatic rings. The minimum absolute atomic E-state index is 0.177. The topological polar surface area (TPSA) is 39.1 Å². The van der Waals surface area contributed by atoms with Crippen LogP contribution in [0.5, 0.6) is 0 Å². The summed E-state index contributed by atoms with van der Waals surface area (Å²) in [6.07, 6.45) is 1.19. The summed E-state index contributed by atoms with van der Waals surface area (Å²) in [4.78, 5) is 1.63. The van der Waals surface area contributed by atoms with Crippen LogP contribution in [0.1, 0.15) is 39.5 Å². The molecule has 0 rings (SSSR count). The Labute approximate surface area is 109 Å². The molecule has 0 aromatic rings. The minimum atomic E-state index is -2.27. The lowest BCUT2D eigenvalue weighted by Gasteiger charge is -2.23. The van der Waals surface area contributed by atoms with E-state index in [0.717, 1.165) is 32.2 Å². The van der Waals surface area contributed by atoms with Crippen molar-refractivity contribution >= 4 is 0 Å². The summed E-state index contributed by atoms with van der Waals surface area (Å²) in [7, 11) is 1.70. The van der Waals surface area contributed by atoms with Gasteiger partial charge >= 0.3 is 0 Å². The Balaban J connectivity index is 3.78. The van der Waals surface area contributed by atoms with Gasteiger partial charge < -0.3 is 4.90 Å². The van der Waals surface area contributed by atoms with Crippen molar-refractivity contribution in [3.05, 3.63) is 0 Å². The average molecular weight is 261 g/mol. The molecule has 0 heterocycles. The van der Waals surface area contributed by atoms with Crippen molar-refractivity contribution in [1.82, 2.24) is 10.2 Å². The van der Waals surface area contributed by atoms with Crippen LogP contribution < -0.4 is 5.32 Å². The second-order valence-corrected chi connectivity index (χ2v) is 4.98. The molecule has 1 unspecified atom stereocenters. The van der Waals surface area contributed by atoms with Crippen molar-refractivity contribution in [2.24, 2.45) is 0 Å². The van der Waals surface area contributed by atoms with E-state index in [4.69, 9.17) is 5.26 Å². The van der Waals surface area contributed by atoms with Crippen molar-refractivity contribution in [3.63, 3.8) is 0 Å². The Bertz CT molecular complexity index is 253. The molecular weight excluding hydrogens is 236 g/mol. The van der Waals surface area contributed by atoms with Gasteiger partial charge in [0.15, 0.2) is 0 Å². The lowest BCUT2D eigenvalue weighted by Crippen LogP contribution is -2.41. The molecule has 18 heavy (non-hydrogen) atoms. The molecule has 3 nitrogen and oxygen atoms in total. The van der Waals surface area contributed by atoms with Gasteiger partial charge in [-0.25, -0.2) is 8.78 Å². The summed E-state index contributed by atoms with van der Waals surface area (Å²) in [6, 6.07) is 2.29. The third kappa shape index (κ3) is 8.37. The van der Waals surface area contributed by atoms with Gasteiger partial charge in [-0.3, -0.25) is 5.32 Å². The molecule has 0 radical (unpaired) electrons. The Kier molecular flexibility index (Phi) is 8.86. The fourth-order valence-electron chi connectivity index (χ4n) is 1.77. The minimum Gasteiger partial charge on any atom is -0.301 e. The molecule has 0 fully saturated rings. The summed E-state index contributed by atoms with van der Waals surface area (Å²) in [5.74, 6) is 0. The van der Waals surface area contributed by atoms with Crippen LogP contribution in [0.4, 0.5) is 8.78 Å². The highest BCUT2D eigenvalue weighted by molar-refractivity contribution is 5.03. The Hall–Kier alpha value is -0.730. The zero-order valence-corrected chi connectivity index (χ0v) is 11.7. The van der Waals surface area contributed by atoms with E-state index < -0.39 is 12.0 Å². The number of halogens is 2. The first kappa shape index (κ1) is 17.3. The highest BCUT2D eigenvalue weighted by Crippen LogP contribution is 2.13. The first-order valence-corrected chi connectivity index (χ1v) is 6.56. The third-order valence-electron chi connectivity index (χ3n) is 2.93. The quantitative estimate of drug-likeness (QED) is 0.614. The molecule has 0 bridgehead atoms. The lowest BCUT2D eigenvalue weighted by atomic mass is 9.96. The van der Waals surface area contributed by atoms with Gasteiger partial charge in [0, 0.05) is 0 Å². The average Bonchev–Trinajstić information content (AvgIpc) is 2.31. The molecular formula is C13H25F2N3. The summed E-state index contributed by atoms with van der Waals surface area (Å²) in [5, 5.41) is 12.3. The molecule has 1 N–H and O–H groups in total. The van der Waals surface area contributed by atoms with Gasteiger partial charge in [0.25, 0.3) is 6.43 Å². The number of nitrogens with zero attached hydrogens (tertiary/aromatic N) is 2. The maximum Gasteiger partial charge on any atom is 0.251 e. The zero-order valence-electron chi connectivity index (χ0n) is 11.7. The SMILES string of the molecule is CCCNC(C)(C#N)CCCCN(C)CC(F)F. The monoisotopic (exact) mass is 261 g/mol. The predicted octanol–water partition coefficient (Wildman–Crippen LogP) is 2.64. The van der Waals surface area contributed by atoms with E-state index in [2.05, 4.69) is 18.3 Å². The summed E-state index contributed by atoms with van der Waals surface area (Å²) >= 11 is 0. The van der Waals surface area contributed by atoms with Crippen LogP contribution in [0, 0.1) is 11.3 Å². The van der Waals surface area contributed by atoms with Gasteiger partial charge in [-0.15, -0.1) is 0 Å².